The van der Waals surface area contributed by atoms with Gasteiger partial charge < -0.3 is 5.11 Å². The van der Waals surface area contributed by atoms with Crippen molar-refractivity contribution >= 4 is 5.97 Å². The van der Waals surface area contributed by atoms with Gasteiger partial charge in [0.1, 0.15) is 0 Å². The number of carboxylic acid groups (broad SMARTS) is 1. The van der Waals surface area contributed by atoms with Gasteiger partial charge in [-0.3, -0.25) is 9.89 Å². The van der Waals surface area contributed by atoms with Gasteiger partial charge in [-0.2, -0.15) is 5.10 Å². The summed E-state index contributed by atoms with van der Waals surface area (Å²) < 4.78 is 0. The number of H-pyrrole nitrogens is 1. The molecular weight excluding hydrogens is 168 g/mol. The van der Waals surface area contributed by atoms with E-state index in [-0.39, 0.29) is 6.42 Å². The fraction of sp³-hybridized carbons (Fsp3) is 0.556. The molecule has 0 saturated heterocycles. The van der Waals surface area contributed by atoms with Crippen LogP contribution in [0.25, 0.3) is 0 Å². The van der Waals surface area contributed by atoms with Crippen molar-refractivity contribution in [3.8, 4) is 0 Å². The Morgan fingerprint density at radius 1 is 1.69 bits per heavy atom. The molecule has 1 aromatic heterocycles. The summed E-state index contributed by atoms with van der Waals surface area (Å²) in [6.07, 6.45) is 2.39. The third-order valence-corrected chi connectivity index (χ3v) is 2.40. The van der Waals surface area contributed by atoms with Crippen LogP contribution in [0.1, 0.15) is 35.7 Å². The van der Waals surface area contributed by atoms with Gasteiger partial charge in [0.15, 0.2) is 0 Å². The maximum Gasteiger partial charge on any atom is 0.307 e. The zero-order chi connectivity index (χ0) is 9.42. The minimum atomic E-state index is -0.786. The molecule has 0 amide bonds. The number of aromatic nitrogens is 2. The zero-order valence-electron chi connectivity index (χ0n) is 7.50. The first-order valence-electron chi connectivity index (χ1n) is 4.44. The molecule has 13 heavy (non-hydrogen) atoms. The minimum Gasteiger partial charge on any atom is -0.481 e. The second kappa shape index (κ2) is 2.87. The number of carboxylic acids is 1. The van der Waals surface area contributed by atoms with E-state index in [2.05, 4.69) is 10.2 Å². The summed E-state index contributed by atoms with van der Waals surface area (Å²) >= 11 is 0. The van der Waals surface area contributed by atoms with E-state index in [4.69, 9.17) is 5.11 Å². The lowest BCUT2D eigenvalue weighted by molar-refractivity contribution is -0.136. The molecule has 1 aliphatic rings. The van der Waals surface area contributed by atoms with Crippen LogP contribution in [0.5, 0.6) is 0 Å². The van der Waals surface area contributed by atoms with Crippen molar-refractivity contribution in [3.05, 3.63) is 17.0 Å². The zero-order valence-corrected chi connectivity index (χ0v) is 7.50. The number of carbonyl (C=O) groups is 1. The SMILES string of the molecule is Cc1[nH]nc(C2CC2)c1CC(=O)O. The van der Waals surface area contributed by atoms with Crippen molar-refractivity contribution in [2.45, 2.75) is 32.1 Å². The average molecular weight is 180 g/mol. The maximum absolute atomic E-state index is 10.6. The molecule has 4 nitrogen and oxygen atoms in total. The largest absolute Gasteiger partial charge is 0.481 e. The van der Waals surface area contributed by atoms with Gasteiger partial charge in [-0.1, -0.05) is 0 Å². The molecule has 4 heteroatoms. The summed E-state index contributed by atoms with van der Waals surface area (Å²) in [5.41, 5.74) is 2.75. The van der Waals surface area contributed by atoms with E-state index in [1.165, 1.54) is 0 Å². The third-order valence-electron chi connectivity index (χ3n) is 2.40. The summed E-state index contributed by atoms with van der Waals surface area (Å²) in [6, 6.07) is 0. The van der Waals surface area contributed by atoms with Crippen molar-refractivity contribution in [3.63, 3.8) is 0 Å². The highest BCUT2D eigenvalue weighted by Gasteiger charge is 2.29. The van der Waals surface area contributed by atoms with Gasteiger partial charge in [0, 0.05) is 17.2 Å². The molecule has 0 radical (unpaired) electrons. The summed E-state index contributed by atoms with van der Waals surface area (Å²) in [7, 11) is 0. The summed E-state index contributed by atoms with van der Waals surface area (Å²) in [6.45, 7) is 1.87. The molecule has 1 saturated carbocycles. The van der Waals surface area contributed by atoms with Gasteiger partial charge in [-0.25, -0.2) is 0 Å². The van der Waals surface area contributed by atoms with E-state index in [1.54, 1.807) is 0 Å². The molecule has 1 aliphatic carbocycles. The normalized spacial score (nSPS) is 16.1. The van der Waals surface area contributed by atoms with E-state index in [0.29, 0.717) is 5.92 Å². The van der Waals surface area contributed by atoms with Crippen LogP contribution in [0.2, 0.25) is 0 Å². The molecule has 1 fully saturated rings. The Morgan fingerprint density at radius 3 is 2.92 bits per heavy atom. The lowest BCUT2D eigenvalue weighted by Crippen LogP contribution is -2.02. The van der Waals surface area contributed by atoms with Crippen LogP contribution in [0, 0.1) is 6.92 Å². The van der Waals surface area contributed by atoms with E-state index in [0.717, 1.165) is 29.8 Å². The summed E-state index contributed by atoms with van der Waals surface area (Å²) in [5, 5.41) is 15.7. The van der Waals surface area contributed by atoms with E-state index in [1.807, 2.05) is 6.92 Å². The first-order chi connectivity index (χ1) is 6.18. The quantitative estimate of drug-likeness (QED) is 0.735. The smallest absolute Gasteiger partial charge is 0.307 e. The lowest BCUT2D eigenvalue weighted by Gasteiger charge is -1.97. The van der Waals surface area contributed by atoms with Crippen molar-refractivity contribution in [2.75, 3.05) is 0 Å². The molecule has 0 unspecified atom stereocenters. The fourth-order valence-electron chi connectivity index (χ4n) is 1.54. The van der Waals surface area contributed by atoms with E-state index in [9.17, 15) is 4.79 Å². The second-order valence-corrected chi connectivity index (χ2v) is 3.56. The Bertz CT molecular complexity index is 339. The van der Waals surface area contributed by atoms with Crippen LogP contribution in [0.15, 0.2) is 0 Å². The van der Waals surface area contributed by atoms with Crippen LogP contribution in [-0.4, -0.2) is 21.3 Å². The number of aromatic amines is 1. The first-order valence-corrected chi connectivity index (χ1v) is 4.44. The number of nitrogens with zero attached hydrogens (tertiary/aromatic N) is 1. The molecule has 2 N–H and O–H groups in total. The molecule has 0 atom stereocenters. The minimum absolute atomic E-state index is 0.0914. The summed E-state index contributed by atoms with van der Waals surface area (Å²) in [5.74, 6) is -0.273. The van der Waals surface area contributed by atoms with Crippen LogP contribution in [0.4, 0.5) is 0 Å². The molecule has 0 aliphatic heterocycles. The van der Waals surface area contributed by atoms with Crippen LogP contribution in [-0.2, 0) is 11.2 Å². The number of aryl methyl sites for hydroxylation is 1. The molecular formula is C9H12N2O2. The van der Waals surface area contributed by atoms with Crippen LogP contribution >= 0.6 is 0 Å². The average Bonchev–Trinajstić information content (AvgIpc) is 2.81. The molecule has 0 aromatic carbocycles. The number of hydrogen-bond donors (Lipinski definition) is 2. The number of aliphatic carboxylic acids is 1. The van der Waals surface area contributed by atoms with Gasteiger partial charge >= 0.3 is 5.97 Å². The second-order valence-electron chi connectivity index (χ2n) is 3.56. The first kappa shape index (κ1) is 8.29. The van der Waals surface area contributed by atoms with Crippen molar-refractivity contribution in [2.24, 2.45) is 0 Å². The Labute approximate surface area is 76.0 Å². The van der Waals surface area contributed by atoms with Gasteiger partial charge in [0.25, 0.3) is 0 Å². The topological polar surface area (TPSA) is 66.0 Å². The molecule has 0 spiro atoms. The Hall–Kier alpha value is -1.32. The fourth-order valence-corrected chi connectivity index (χ4v) is 1.54. The van der Waals surface area contributed by atoms with Crippen molar-refractivity contribution in [1.29, 1.82) is 0 Å². The highest BCUT2D eigenvalue weighted by Crippen LogP contribution is 2.41. The Morgan fingerprint density at radius 2 is 2.38 bits per heavy atom. The molecule has 2 rings (SSSR count). The summed E-state index contributed by atoms with van der Waals surface area (Å²) in [4.78, 5) is 10.6. The van der Waals surface area contributed by atoms with Crippen molar-refractivity contribution < 1.29 is 9.90 Å². The van der Waals surface area contributed by atoms with Gasteiger partial charge in [0.05, 0.1) is 12.1 Å². The molecule has 0 bridgehead atoms. The predicted octanol–water partition coefficient (Wildman–Crippen LogP) is 1.22. The molecule has 1 heterocycles. The highest BCUT2D eigenvalue weighted by atomic mass is 16.4. The molecule has 70 valence electrons. The van der Waals surface area contributed by atoms with Crippen molar-refractivity contribution in [1.82, 2.24) is 10.2 Å². The lowest BCUT2D eigenvalue weighted by atomic mass is 10.1. The number of nitrogens with one attached hydrogen (secondary N) is 1. The van der Waals surface area contributed by atoms with Gasteiger partial charge in [-0.05, 0) is 19.8 Å². The predicted molar refractivity (Wildman–Crippen MR) is 46.6 cm³/mol. The van der Waals surface area contributed by atoms with Gasteiger partial charge in [-0.15, -0.1) is 0 Å². The third kappa shape index (κ3) is 1.56. The Balaban J connectivity index is 2.28. The highest BCUT2D eigenvalue weighted by molar-refractivity contribution is 5.71. The monoisotopic (exact) mass is 180 g/mol. The van der Waals surface area contributed by atoms with Gasteiger partial charge in [0.2, 0.25) is 0 Å². The Kier molecular flexibility index (Phi) is 1.83. The maximum atomic E-state index is 10.6. The van der Waals surface area contributed by atoms with Crippen LogP contribution < -0.4 is 0 Å². The standard InChI is InChI=1S/C9H12N2O2/c1-5-7(4-8(12)13)9(11-10-5)6-2-3-6/h6H,2-4H2,1H3,(H,10,11)(H,12,13). The van der Waals surface area contributed by atoms with Crippen LogP contribution in [0.3, 0.4) is 0 Å². The molecule has 1 aromatic rings. The number of rotatable bonds is 3. The van der Waals surface area contributed by atoms with E-state index < -0.39 is 5.97 Å². The van der Waals surface area contributed by atoms with E-state index >= 15 is 0 Å². The number of hydrogen-bond acceptors (Lipinski definition) is 2.